The second-order valence-corrected chi connectivity index (χ2v) is 8.36. The van der Waals surface area contributed by atoms with Crippen molar-refractivity contribution in [2.45, 2.75) is 50.5 Å². The Morgan fingerprint density at radius 2 is 1.72 bits per heavy atom. The molecule has 0 spiro atoms. The van der Waals surface area contributed by atoms with Crippen LogP contribution in [0.1, 0.15) is 48.1 Å². The second kappa shape index (κ2) is 7.18. The molecule has 4 nitrogen and oxygen atoms in total. The molecule has 1 aliphatic carbocycles. The molecule has 0 aliphatic heterocycles. The maximum Gasteiger partial charge on any atom is 0.244 e. The van der Waals surface area contributed by atoms with E-state index in [4.69, 9.17) is 4.74 Å². The summed E-state index contributed by atoms with van der Waals surface area (Å²) < 4.78 is 34.2. The Hall–Kier alpha value is -1.85. The largest absolute Gasteiger partial charge is 0.495 e. The number of methoxy groups -OCH3 is 1. The Kier molecular flexibility index (Phi) is 5.16. The Labute approximate surface area is 150 Å². The topological polar surface area (TPSA) is 55.4 Å². The molecule has 134 valence electrons. The van der Waals surface area contributed by atoms with Crippen LogP contribution in [0.4, 0.5) is 0 Å². The number of fused-ring (bicyclic) bond motifs is 1. The Bertz CT molecular complexity index is 875. The van der Waals surface area contributed by atoms with Gasteiger partial charge in [0.25, 0.3) is 0 Å². The van der Waals surface area contributed by atoms with Gasteiger partial charge in [-0.2, -0.15) is 0 Å². The molecule has 1 N–H and O–H groups in total. The van der Waals surface area contributed by atoms with Gasteiger partial charge in [0.2, 0.25) is 10.0 Å². The van der Waals surface area contributed by atoms with E-state index in [0.717, 1.165) is 42.4 Å². The molecule has 25 heavy (non-hydrogen) atoms. The zero-order valence-electron chi connectivity index (χ0n) is 15.0. The molecule has 0 saturated heterocycles. The van der Waals surface area contributed by atoms with Crippen molar-refractivity contribution in [3.8, 4) is 5.75 Å². The molecule has 1 atom stereocenters. The van der Waals surface area contributed by atoms with E-state index >= 15 is 0 Å². The molecule has 0 aromatic heterocycles. The van der Waals surface area contributed by atoms with Crippen LogP contribution in [0.5, 0.6) is 5.75 Å². The lowest BCUT2D eigenvalue weighted by atomic mass is 9.92. The van der Waals surface area contributed by atoms with Gasteiger partial charge >= 0.3 is 0 Å². The molecular weight excluding hydrogens is 334 g/mol. The molecule has 0 unspecified atom stereocenters. The number of sulfonamides is 1. The summed E-state index contributed by atoms with van der Waals surface area (Å²) in [5.74, 6) is 0.421. The third kappa shape index (κ3) is 3.72. The highest BCUT2D eigenvalue weighted by Gasteiger charge is 2.25. The van der Waals surface area contributed by atoms with Crippen LogP contribution < -0.4 is 9.46 Å². The van der Waals surface area contributed by atoms with Crippen molar-refractivity contribution in [3.05, 3.63) is 58.7 Å². The summed E-state index contributed by atoms with van der Waals surface area (Å²) in [6.07, 6.45) is 4.16. The predicted molar refractivity (Wildman–Crippen MR) is 99.6 cm³/mol. The fourth-order valence-corrected chi connectivity index (χ4v) is 4.97. The number of rotatable bonds is 5. The third-order valence-corrected chi connectivity index (χ3v) is 6.47. The van der Waals surface area contributed by atoms with Crippen LogP contribution in [0.2, 0.25) is 0 Å². The van der Waals surface area contributed by atoms with Crippen molar-refractivity contribution in [2.75, 3.05) is 7.11 Å². The molecule has 2 aromatic carbocycles. The van der Waals surface area contributed by atoms with Crippen molar-refractivity contribution in [3.63, 3.8) is 0 Å². The number of hydrogen-bond donors (Lipinski definition) is 1. The number of ether oxygens (including phenoxy) is 1. The maximum atomic E-state index is 13.0. The lowest BCUT2D eigenvalue weighted by Crippen LogP contribution is -2.28. The van der Waals surface area contributed by atoms with Crippen LogP contribution in [0.15, 0.2) is 41.3 Å². The van der Waals surface area contributed by atoms with Crippen LogP contribution >= 0.6 is 0 Å². The van der Waals surface area contributed by atoms with Gasteiger partial charge in [0.15, 0.2) is 0 Å². The van der Waals surface area contributed by atoms with E-state index in [0.29, 0.717) is 5.75 Å². The summed E-state index contributed by atoms with van der Waals surface area (Å²) in [5.41, 5.74) is 4.36. The average molecular weight is 359 g/mol. The third-order valence-electron chi connectivity index (χ3n) is 4.90. The molecule has 1 aliphatic rings. The van der Waals surface area contributed by atoms with Gasteiger partial charge in [0.05, 0.1) is 7.11 Å². The van der Waals surface area contributed by atoms with Crippen molar-refractivity contribution in [2.24, 2.45) is 0 Å². The van der Waals surface area contributed by atoms with E-state index in [2.05, 4.69) is 4.72 Å². The number of aryl methyl sites for hydroxylation is 3. The molecule has 0 bridgehead atoms. The Morgan fingerprint density at radius 1 is 1.08 bits per heavy atom. The SMILES string of the molecule is COc1cc2c(cc1S(=O)(=O)N[C@@H](C)c1ccccc1C)CCCC2. The lowest BCUT2D eigenvalue weighted by Gasteiger charge is -2.21. The van der Waals surface area contributed by atoms with E-state index in [1.54, 1.807) is 6.07 Å². The summed E-state index contributed by atoms with van der Waals surface area (Å²) in [4.78, 5) is 0.232. The first-order valence-electron chi connectivity index (χ1n) is 8.70. The summed E-state index contributed by atoms with van der Waals surface area (Å²) in [6, 6.07) is 11.2. The van der Waals surface area contributed by atoms with Gasteiger partial charge in [-0.05, 0) is 73.9 Å². The molecule has 0 heterocycles. The Morgan fingerprint density at radius 3 is 2.36 bits per heavy atom. The zero-order chi connectivity index (χ0) is 18.0. The second-order valence-electron chi connectivity index (χ2n) is 6.68. The minimum atomic E-state index is -3.68. The van der Waals surface area contributed by atoms with Crippen molar-refractivity contribution >= 4 is 10.0 Å². The average Bonchev–Trinajstić information content (AvgIpc) is 2.60. The Balaban J connectivity index is 1.95. The van der Waals surface area contributed by atoms with E-state index in [-0.39, 0.29) is 10.9 Å². The van der Waals surface area contributed by atoms with E-state index in [9.17, 15) is 8.42 Å². The van der Waals surface area contributed by atoms with Crippen molar-refractivity contribution in [1.29, 1.82) is 0 Å². The van der Waals surface area contributed by atoms with Crippen LogP contribution in [0.3, 0.4) is 0 Å². The number of benzene rings is 2. The molecule has 0 saturated carbocycles. The lowest BCUT2D eigenvalue weighted by molar-refractivity contribution is 0.400. The van der Waals surface area contributed by atoms with E-state index in [1.165, 1.54) is 12.7 Å². The predicted octanol–water partition coefficient (Wildman–Crippen LogP) is 3.92. The smallest absolute Gasteiger partial charge is 0.244 e. The van der Waals surface area contributed by atoms with Crippen molar-refractivity contribution in [1.82, 2.24) is 4.72 Å². The normalized spacial score (nSPS) is 15.5. The number of nitrogens with one attached hydrogen (secondary N) is 1. The number of hydrogen-bond acceptors (Lipinski definition) is 3. The van der Waals surface area contributed by atoms with Gasteiger partial charge in [-0.1, -0.05) is 24.3 Å². The minimum absolute atomic E-state index is 0.232. The fraction of sp³-hybridized carbons (Fsp3) is 0.400. The standard InChI is InChI=1S/C20H25NO3S/c1-14-8-4-7-11-18(14)15(2)21-25(22,23)20-13-17-10-6-5-9-16(17)12-19(20)24-3/h4,7-8,11-13,15,21H,5-6,9-10H2,1-3H3/t15-/m0/s1. The zero-order valence-corrected chi connectivity index (χ0v) is 15.8. The molecule has 0 amide bonds. The van der Waals surface area contributed by atoms with Crippen LogP contribution in [-0.4, -0.2) is 15.5 Å². The highest BCUT2D eigenvalue weighted by molar-refractivity contribution is 7.89. The fourth-order valence-electron chi connectivity index (χ4n) is 3.54. The first kappa shape index (κ1) is 18.0. The summed E-state index contributed by atoms with van der Waals surface area (Å²) >= 11 is 0. The molecule has 3 rings (SSSR count). The van der Waals surface area contributed by atoms with E-state index < -0.39 is 10.0 Å². The highest BCUT2D eigenvalue weighted by Crippen LogP contribution is 2.32. The monoisotopic (exact) mass is 359 g/mol. The van der Waals surface area contributed by atoms with Crippen LogP contribution in [-0.2, 0) is 22.9 Å². The van der Waals surface area contributed by atoms with Crippen LogP contribution in [0.25, 0.3) is 0 Å². The quantitative estimate of drug-likeness (QED) is 0.880. The summed E-state index contributed by atoms with van der Waals surface area (Å²) in [6.45, 7) is 3.85. The summed E-state index contributed by atoms with van der Waals surface area (Å²) in [7, 11) is -2.15. The first-order valence-corrected chi connectivity index (χ1v) is 10.2. The molecule has 0 radical (unpaired) electrons. The molecule has 2 aromatic rings. The molecular formula is C20H25NO3S. The van der Waals surface area contributed by atoms with Gasteiger partial charge in [-0.25, -0.2) is 13.1 Å². The van der Waals surface area contributed by atoms with Gasteiger partial charge in [-0.3, -0.25) is 0 Å². The van der Waals surface area contributed by atoms with Gasteiger partial charge < -0.3 is 4.74 Å². The first-order chi connectivity index (χ1) is 11.9. The summed E-state index contributed by atoms with van der Waals surface area (Å²) in [5, 5.41) is 0. The van der Waals surface area contributed by atoms with Crippen molar-refractivity contribution < 1.29 is 13.2 Å². The minimum Gasteiger partial charge on any atom is -0.495 e. The van der Waals surface area contributed by atoms with Gasteiger partial charge in [0, 0.05) is 6.04 Å². The van der Waals surface area contributed by atoms with E-state index in [1.807, 2.05) is 44.2 Å². The van der Waals surface area contributed by atoms with Gasteiger partial charge in [-0.15, -0.1) is 0 Å². The molecule has 5 heteroatoms. The molecule has 0 fully saturated rings. The maximum absolute atomic E-state index is 13.0. The van der Waals surface area contributed by atoms with Crippen LogP contribution in [0, 0.1) is 6.92 Å². The van der Waals surface area contributed by atoms with Gasteiger partial charge in [0.1, 0.15) is 10.6 Å². The highest BCUT2D eigenvalue weighted by atomic mass is 32.2.